The van der Waals surface area contributed by atoms with Crippen molar-refractivity contribution in [2.45, 2.75) is 6.42 Å². The highest BCUT2D eigenvalue weighted by Gasteiger charge is 2.14. The van der Waals surface area contributed by atoms with Crippen LogP contribution in [0.5, 0.6) is 11.5 Å². The molecular weight excluding hydrogens is 334 g/mol. The molecule has 0 aliphatic carbocycles. The topological polar surface area (TPSA) is 31.4 Å². The summed E-state index contributed by atoms with van der Waals surface area (Å²) in [5.74, 6) is 1.50. The Balaban J connectivity index is 1.95. The van der Waals surface area contributed by atoms with Crippen LogP contribution in [0.4, 0.5) is 0 Å². The molecule has 0 radical (unpaired) electrons. The summed E-state index contributed by atoms with van der Waals surface area (Å²) in [5, 5.41) is 0.981. The van der Waals surface area contributed by atoms with Gasteiger partial charge in [0.2, 0.25) is 0 Å². The molecule has 134 valence electrons. The maximum absolute atomic E-state index is 5.60. The highest BCUT2D eigenvalue weighted by atomic mass is 16.5. The lowest BCUT2D eigenvalue weighted by molar-refractivity contribution is 0.398. The molecule has 1 aromatic heterocycles. The molecule has 0 N–H and O–H groups in total. The predicted molar refractivity (Wildman–Crippen MR) is 110 cm³/mol. The molecule has 0 bridgehead atoms. The number of pyridine rings is 1. The first-order valence-electron chi connectivity index (χ1n) is 8.93. The third-order valence-electron chi connectivity index (χ3n) is 4.70. The van der Waals surface area contributed by atoms with Gasteiger partial charge in [0.25, 0.3) is 0 Å². The van der Waals surface area contributed by atoms with Gasteiger partial charge in [-0.15, -0.1) is 0 Å². The molecule has 0 aliphatic rings. The fourth-order valence-corrected chi connectivity index (χ4v) is 3.34. The third-order valence-corrected chi connectivity index (χ3v) is 4.70. The number of nitrogens with zero attached hydrogens (tertiary/aromatic N) is 1. The number of hydrogen-bond donors (Lipinski definition) is 0. The van der Waals surface area contributed by atoms with Crippen LogP contribution >= 0.6 is 0 Å². The molecule has 3 heteroatoms. The quantitative estimate of drug-likeness (QED) is 0.473. The molecule has 3 aromatic carbocycles. The van der Waals surface area contributed by atoms with Gasteiger partial charge in [0.1, 0.15) is 11.5 Å². The van der Waals surface area contributed by atoms with E-state index in [0.717, 1.165) is 45.6 Å². The van der Waals surface area contributed by atoms with Crippen LogP contribution < -0.4 is 9.47 Å². The first-order valence-corrected chi connectivity index (χ1v) is 8.93. The number of rotatable bonds is 5. The lowest BCUT2D eigenvalue weighted by atomic mass is 9.97. The van der Waals surface area contributed by atoms with Crippen LogP contribution in [0.3, 0.4) is 0 Å². The van der Waals surface area contributed by atoms with Crippen LogP contribution in [0.1, 0.15) is 11.3 Å². The molecule has 0 atom stereocenters. The van der Waals surface area contributed by atoms with Crippen molar-refractivity contribution in [3.8, 4) is 22.6 Å². The smallest absolute Gasteiger partial charge is 0.131 e. The van der Waals surface area contributed by atoms with Crippen molar-refractivity contribution in [2.75, 3.05) is 14.2 Å². The van der Waals surface area contributed by atoms with Crippen molar-refractivity contribution in [2.24, 2.45) is 0 Å². The summed E-state index contributed by atoms with van der Waals surface area (Å²) in [4.78, 5) is 5.00. The molecule has 3 nitrogen and oxygen atoms in total. The average molecular weight is 355 g/mol. The van der Waals surface area contributed by atoms with E-state index in [-0.39, 0.29) is 0 Å². The molecule has 0 amide bonds. The van der Waals surface area contributed by atoms with E-state index in [2.05, 4.69) is 54.6 Å². The number of ether oxygens (including phenoxy) is 2. The Hall–Kier alpha value is -3.33. The first-order chi connectivity index (χ1) is 13.3. The molecule has 0 saturated heterocycles. The van der Waals surface area contributed by atoms with E-state index < -0.39 is 0 Å². The Bertz CT molecular complexity index is 1060. The molecule has 4 aromatic rings. The fourth-order valence-electron chi connectivity index (χ4n) is 3.34. The molecule has 0 spiro atoms. The van der Waals surface area contributed by atoms with E-state index in [1.54, 1.807) is 14.2 Å². The Morgan fingerprint density at radius 2 is 1.48 bits per heavy atom. The maximum atomic E-state index is 5.60. The van der Waals surface area contributed by atoms with Gasteiger partial charge in [-0.1, -0.05) is 60.7 Å². The second-order valence-corrected chi connectivity index (χ2v) is 6.41. The lowest BCUT2D eigenvalue weighted by Gasteiger charge is -2.14. The summed E-state index contributed by atoms with van der Waals surface area (Å²) in [5.41, 5.74) is 5.41. The first kappa shape index (κ1) is 17.1. The summed E-state index contributed by atoms with van der Waals surface area (Å²) in [6, 6.07) is 26.8. The van der Waals surface area contributed by atoms with E-state index in [1.165, 1.54) is 5.56 Å². The van der Waals surface area contributed by atoms with Crippen molar-refractivity contribution >= 4 is 10.9 Å². The van der Waals surface area contributed by atoms with Gasteiger partial charge in [-0.05, 0) is 17.2 Å². The van der Waals surface area contributed by atoms with E-state index in [0.29, 0.717) is 0 Å². The standard InChI is InChI=1S/C24H21NO2/c1-26-19-14-23-21(24(15-19)27-2)16-20(18-11-7-4-8-12-18)22(25-23)13-17-9-5-3-6-10-17/h3-12,14-16H,13H2,1-2H3. The van der Waals surface area contributed by atoms with Crippen LogP contribution in [-0.2, 0) is 6.42 Å². The van der Waals surface area contributed by atoms with Crippen molar-refractivity contribution in [3.05, 3.63) is 90.1 Å². The lowest BCUT2D eigenvalue weighted by Crippen LogP contribution is -1.99. The van der Waals surface area contributed by atoms with Gasteiger partial charge < -0.3 is 9.47 Å². The van der Waals surface area contributed by atoms with Crippen LogP contribution in [0, 0.1) is 0 Å². The number of benzene rings is 3. The Kier molecular flexibility index (Phi) is 4.75. The van der Waals surface area contributed by atoms with Crippen LogP contribution in [-0.4, -0.2) is 19.2 Å². The molecule has 0 unspecified atom stereocenters. The molecule has 4 rings (SSSR count). The summed E-state index contributed by atoms with van der Waals surface area (Å²) in [6.45, 7) is 0. The Morgan fingerprint density at radius 1 is 0.778 bits per heavy atom. The van der Waals surface area contributed by atoms with Crippen molar-refractivity contribution in [1.82, 2.24) is 4.98 Å². The molecule has 0 saturated carbocycles. The van der Waals surface area contributed by atoms with E-state index in [4.69, 9.17) is 14.5 Å². The van der Waals surface area contributed by atoms with Crippen LogP contribution in [0.25, 0.3) is 22.0 Å². The molecule has 0 fully saturated rings. The molecule has 0 aliphatic heterocycles. The van der Waals surface area contributed by atoms with Gasteiger partial charge in [-0.3, -0.25) is 4.98 Å². The normalized spacial score (nSPS) is 10.7. The van der Waals surface area contributed by atoms with Crippen LogP contribution in [0.2, 0.25) is 0 Å². The van der Waals surface area contributed by atoms with E-state index in [1.807, 2.05) is 24.3 Å². The summed E-state index contributed by atoms with van der Waals surface area (Å²) in [6.07, 6.45) is 0.764. The summed E-state index contributed by atoms with van der Waals surface area (Å²) in [7, 11) is 3.33. The van der Waals surface area contributed by atoms with Crippen LogP contribution in [0.15, 0.2) is 78.9 Å². The summed E-state index contributed by atoms with van der Waals surface area (Å²) < 4.78 is 11.0. The van der Waals surface area contributed by atoms with E-state index >= 15 is 0 Å². The fraction of sp³-hybridized carbons (Fsp3) is 0.125. The second kappa shape index (κ2) is 7.50. The Morgan fingerprint density at radius 3 is 2.15 bits per heavy atom. The number of aromatic nitrogens is 1. The minimum Gasteiger partial charge on any atom is -0.497 e. The molecular formula is C24H21NO2. The average Bonchev–Trinajstić information content (AvgIpc) is 2.73. The van der Waals surface area contributed by atoms with Crippen molar-refractivity contribution in [1.29, 1.82) is 0 Å². The van der Waals surface area contributed by atoms with Crippen molar-refractivity contribution in [3.63, 3.8) is 0 Å². The Labute approximate surface area is 159 Å². The van der Waals surface area contributed by atoms with Gasteiger partial charge in [0.15, 0.2) is 0 Å². The zero-order valence-corrected chi connectivity index (χ0v) is 15.5. The zero-order chi connectivity index (χ0) is 18.6. The highest BCUT2D eigenvalue weighted by Crippen LogP contribution is 2.35. The zero-order valence-electron chi connectivity index (χ0n) is 15.5. The maximum Gasteiger partial charge on any atom is 0.131 e. The van der Waals surface area contributed by atoms with E-state index in [9.17, 15) is 0 Å². The summed E-state index contributed by atoms with van der Waals surface area (Å²) >= 11 is 0. The van der Waals surface area contributed by atoms with Gasteiger partial charge >= 0.3 is 0 Å². The largest absolute Gasteiger partial charge is 0.497 e. The number of hydrogen-bond acceptors (Lipinski definition) is 3. The minimum atomic E-state index is 0.741. The van der Waals surface area contributed by atoms with Crippen molar-refractivity contribution < 1.29 is 9.47 Å². The van der Waals surface area contributed by atoms with Gasteiger partial charge in [-0.2, -0.15) is 0 Å². The molecule has 27 heavy (non-hydrogen) atoms. The monoisotopic (exact) mass is 355 g/mol. The molecule has 1 heterocycles. The third kappa shape index (κ3) is 3.49. The predicted octanol–water partition coefficient (Wildman–Crippen LogP) is 5.51. The number of methoxy groups -OCH3 is 2. The second-order valence-electron chi connectivity index (χ2n) is 6.41. The van der Waals surface area contributed by atoms with Gasteiger partial charge in [-0.25, -0.2) is 0 Å². The van der Waals surface area contributed by atoms with Gasteiger partial charge in [0.05, 0.1) is 25.4 Å². The minimum absolute atomic E-state index is 0.741. The highest BCUT2D eigenvalue weighted by molar-refractivity contribution is 5.91. The van der Waals surface area contributed by atoms with Gasteiger partial charge in [0, 0.05) is 29.5 Å². The SMILES string of the molecule is COc1cc(OC)c2cc(-c3ccccc3)c(Cc3ccccc3)nc2c1. The number of fused-ring (bicyclic) bond motifs is 1.